The first-order valence-corrected chi connectivity index (χ1v) is 8.09. The second kappa shape index (κ2) is 5.51. The van der Waals surface area contributed by atoms with Crippen molar-refractivity contribution in [1.29, 1.82) is 0 Å². The zero-order valence-corrected chi connectivity index (χ0v) is 12.3. The predicted octanol–water partition coefficient (Wildman–Crippen LogP) is 1.80. The van der Waals surface area contributed by atoms with Crippen molar-refractivity contribution in [2.45, 2.75) is 17.9 Å². The summed E-state index contributed by atoms with van der Waals surface area (Å²) in [5.74, 6) is -0.522. The third-order valence-corrected chi connectivity index (χ3v) is 4.79. The summed E-state index contributed by atoms with van der Waals surface area (Å²) in [5, 5.41) is 2.65. The van der Waals surface area contributed by atoms with Crippen LogP contribution in [-0.2, 0) is 27.8 Å². The van der Waals surface area contributed by atoms with Crippen LogP contribution in [0, 0.1) is 5.82 Å². The van der Waals surface area contributed by atoms with Crippen molar-refractivity contribution in [2.24, 2.45) is 0 Å². The molecular weight excluding hydrogens is 307 g/mol. The summed E-state index contributed by atoms with van der Waals surface area (Å²) in [7, 11) is -3.69. The molecular formula is C15H13FN2O3S. The van der Waals surface area contributed by atoms with E-state index in [0.29, 0.717) is 16.8 Å². The van der Waals surface area contributed by atoms with Gasteiger partial charge in [0.2, 0.25) is 15.9 Å². The van der Waals surface area contributed by atoms with Crippen LogP contribution >= 0.6 is 0 Å². The molecule has 0 aliphatic carbocycles. The molecule has 2 aromatic rings. The Kier molecular flexibility index (Phi) is 3.67. The van der Waals surface area contributed by atoms with Crippen LogP contribution < -0.4 is 10.0 Å². The summed E-state index contributed by atoms with van der Waals surface area (Å²) in [4.78, 5) is 11.4. The number of nitrogens with one attached hydrogen (secondary N) is 2. The number of anilines is 1. The van der Waals surface area contributed by atoms with Crippen LogP contribution in [0.2, 0.25) is 0 Å². The van der Waals surface area contributed by atoms with Gasteiger partial charge >= 0.3 is 0 Å². The lowest BCUT2D eigenvalue weighted by molar-refractivity contribution is -0.115. The summed E-state index contributed by atoms with van der Waals surface area (Å²) in [6, 6.07) is 10.1. The van der Waals surface area contributed by atoms with E-state index in [1.165, 1.54) is 36.4 Å². The maximum atomic E-state index is 12.8. The van der Waals surface area contributed by atoms with Gasteiger partial charge < -0.3 is 5.32 Å². The van der Waals surface area contributed by atoms with E-state index >= 15 is 0 Å². The molecule has 0 spiro atoms. The van der Waals surface area contributed by atoms with Crippen LogP contribution in [0.4, 0.5) is 10.1 Å². The Balaban J connectivity index is 1.77. The first-order chi connectivity index (χ1) is 10.4. The number of halogens is 1. The Hall–Kier alpha value is -2.25. The number of hydrogen-bond acceptors (Lipinski definition) is 3. The highest BCUT2D eigenvalue weighted by Gasteiger charge is 2.21. The first-order valence-electron chi connectivity index (χ1n) is 6.61. The summed E-state index contributed by atoms with van der Waals surface area (Å²) in [6.45, 7) is 0.0663. The molecule has 5 nitrogen and oxygen atoms in total. The van der Waals surface area contributed by atoms with Crippen molar-refractivity contribution in [2.75, 3.05) is 5.32 Å². The number of hydrogen-bond donors (Lipinski definition) is 2. The third-order valence-electron chi connectivity index (χ3n) is 3.39. The number of carbonyl (C=O) groups excluding carboxylic acids is 1. The lowest BCUT2D eigenvalue weighted by atomic mass is 10.2. The smallest absolute Gasteiger partial charge is 0.240 e. The second-order valence-corrected chi connectivity index (χ2v) is 6.76. The lowest BCUT2D eigenvalue weighted by Gasteiger charge is -2.08. The molecule has 0 unspecified atom stereocenters. The zero-order chi connectivity index (χ0) is 15.7. The Morgan fingerprint density at radius 3 is 2.59 bits per heavy atom. The minimum absolute atomic E-state index is 0.0663. The highest BCUT2D eigenvalue weighted by atomic mass is 32.2. The Morgan fingerprint density at radius 1 is 1.14 bits per heavy atom. The molecule has 1 heterocycles. The van der Waals surface area contributed by atoms with Gasteiger partial charge in [-0.25, -0.2) is 17.5 Å². The Labute approximate surface area is 127 Å². The topological polar surface area (TPSA) is 75.3 Å². The molecule has 22 heavy (non-hydrogen) atoms. The van der Waals surface area contributed by atoms with E-state index in [9.17, 15) is 17.6 Å². The standard InChI is InChI=1S/C15H13FN2O3S/c16-12-3-1-10(2-4-12)9-17-22(20,21)13-5-6-14-11(7-13)8-15(19)18-14/h1-7,17H,8-9H2,(H,18,19). The number of amides is 1. The van der Waals surface area contributed by atoms with Crippen molar-refractivity contribution in [3.05, 3.63) is 59.4 Å². The van der Waals surface area contributed by atoms with Gasteiger partial charge in [0.15, 0.2) is 0 Å². The van der Waals surface area contributed by atoms with Gasteiger partial charge in [-0.05, 0) is 41.5 Å². The number of sulfonamides is 1. The molecule has 2 aromatic carbocycles. The van der Waals surface area contributed by atoms with Gasteiger partial charge in [0.25, 0.3) is 0 Å². The quantitative estimate of drug-likeness (QED) is 0.902. The first kappa shape index (κ1) is 14.7. The van der Waals surface area contributed by atoms with E-state index < -0.39 is 10.0 Å². The van der Waals surface area contributed by atoms with Crippen molar-refractivity contribution in [3.8, 4) is 0 Å². The number of benzene rings is 2. The van der Waals surface area contributed by atoms with Crippen molar-refractivity contribution in [3.63, 3.8) is 0 Å². The van der Waals surface area contributed by atoms with Gasteiger partial charge in [-0.15, -0.1) is 0 Å². The molecule has 1 aliphatic heterocycles. The van der Waals surface area contributed by atoms with Crippen molar-refractivity contribution < 1.29 is 17.6 Å². The predicted molar refractivity (Wildman–Crippen MR) is 79.2 cm³/mol. The van der Waals surface area contributed by atoms with Crippen LogP contribution in [0.3, 0.4) is 0 Å². The van der Waals surface area contributed by atoms with Gasteiger partial charge in [-0.2, -0.15) is 0 Å². The number of carbonyl (C=O) groups is 1. The van der Waals surface area contributed by atoms with Crippen LogP contribution in [0.1, 0.15) is 11.1 Å². The molecule has 0 aromatic heterocycles. The molecule has 1 amide bonds. The molecule has 0 bridgehead atoms. The van der Waals surface area contributed by atoms with Crippen LogP contribution in [-0.4, -0.2) is 14.3 Å². The van der Waals surface area contributed by atoms with E-state index in [0.717, 1.165) is 0 Å². The fraction of sp³-hybridized carbons (Fsp3) is 0.133. The molecule has 3 rings (SSSR count). The van der Waals surface area contributed by atoms with Crippen LogP contribution in [0.25, 0.3) is 0 Å². The molecule has 114 valence electrons. The Morgan fingerprint density at radius 2 is 1.86 bits per heavy atom. The summed E-state index contributed by atoms with van der Waals surface area (Å²) >= 11 is 0. The fourth-order valence-electron chi connectivity index (χ4n) is 2.24. The monoisotopic (exact) mass is 320 g/mol. The molecule has 0 atom stereocenters. The maximum absolute atomic E-state index is 12.8. The van der Waals surface area contributed by atoms with Gasteiger partial charge in [0.1, 0.15) is 5.82 Å². The second-order valence-electron chi connectivity index (χ2n) is 4.99. The van der Waals surface area contributed by atoms with Gasteiger partial charge in [-0.1, -0.05) is 12.1 Å². The van der Waals surface area contributed by atoms with E-state index in [-0.39, 0.29) is 29.6 Å². The van der Waals surface area contributed by atoms with Crippen LogP contribution in [0.5, 0.6) is 0 Å². The largest absolute Gasteiger partial charge is 0.326 e. The SMILES string of the molecule is O=C1Cc2cc(S(=O)(=O)NCc3ccc(F)cc3)ccc2N1. The van der Waals surface area contributed by atoms with Crippen molar-refractivity contribution in [1.82, 2.24) is 4.72 Å². The minimum atomic E-state index is -3.69. The molecule has 2 N–H and O–H groups in total. The number of rotatable bonds is 4. The minimum Gasteiger partial charge on any atom is -0.326 e. The molecule has 1 aliphatic rings. The molecule has 0 saturated carbocycles. The van der Waals surface area contributed by atoms with Crippen molar-refractivity contribution >= 4 is 21.6 Å². The highest BCUT2D eigenvalue weighted by molar-refractivity contribution is 7.89. The normalized spacial score (nSPS) is 13.8. The highest BCUT2D eigenvalue weighted by Crippen LogP contribution is 2.25. The molecule has 7 heteroatoms. The lowest BCUT2D eigenvalue weighted by Crippen LogP contribution is -2.23. The number of fused-ring (bicyclic) bond motifs is 1. The van der Waals surface area contributed by atoms with E-state index in [1.54, 1.807) is 6.07 Å². The fourth-order valence-corrected chi connectivity index (χ4v) is 3.30. The van der Waals surface area contributed by atoms with Gasteiger partial charge in [0, 0.05) is 12.2 Å². The van der Waals surface area contributed by atoms with E-state index in [1.807, 2.05) is 0 Å². The Bertz CT molecular complexity index is 832. The molecule has 0 saturated heterocycles. The summed E-state index contributed by atoms with van der Waals surface area (Å²) in [6.07, 6.45) is 0.177. The van der Waals surface area contributed by atoms with E-state index in [4.69, 9.17) is 0 Å². The molecule has 0 radical (unpaired) electrons. The van der Waals surface area contributed by atoms with Crippen LogP contribution in [0.15, 0.2) is 47.4 Å². The van der Waals surface area contributed by atoms with Gasteiger partial charge in [-0.3, -0.25) is 4.79 Å². The third kappa shape index (κ3) is 3.00. The average Bonchev–Trinajstić information content (AvgIpc) is 2.86. The van der Waals surface area contributed by atoms with Gasteiger partial charge in [0.05, 0.1) is 11.3 Å². The summed E-state index contributed by atoms with van der Waals surface area (Å²) < 4.78 is 39.8. The maximum Gasteiger partial charge on any atom is 0.240 e. The molecule has 0 fully saturated rings. The zero-order valence-electron chi connectivity index (χ0n) is 11.5. The van der Waals surface area contributed by atoms with E-state index in [2.05, 4.69) is 10.0 Å². The summed E-state index contributed by atoms with van der Waals surface area (Å²) in [5.41, 5.74) is 1.96. The average molecular weight is 320 g/mol.